The summed E-state index contributed by atoms with van der Waals surface area (Å²) in [6.07, 6.45) is 0. The summed E-state index contributed by atoms with van der Waals surface area (Å²) in [7, 11) is 0. The van der Waals surface area contributed by atoms with Crippen molar-refractivity contribution in [3.8, 4) is 39.1 Å². The van der Waals surface area contributed by atoms with Crippen molar-refractivity contribution in [3.63, 3.8) is 0 Å². The Hall–Kier alpha value is -2.92. The summed E-state index contributed by atoms with van der Waals surface area (Å²) in [5, 5.41) is 12.5. The molecule has 4 rings (SSSR count). The number of nitrogens with one attached hydrogen (secondary N) is 1. The number of benzene rings is 2. The smallest absolute Gasteiger partial charge is 0.157 e. The molecule has 2 aromatic heterocycles. The number of thiazole rings is 1. The van der Waals surface area contributed by atoms with Gasteiger partial charge < -0.3 is 10.1 Å². The topological polar surface area (TPSA) is 61.8 Å². The van der Waals surface area contributed by atoms with E-state index in [0.29, 0.717) is 0 Å². The number of phenols is 1. The maximum atomic E-state index is 9.62. The molecule has 0 unspecified atom stereocenters. The number of aromatic amines is 1. The molecule has 0 saturated carbocycles. The molecule has 2 aromatic carbocycles. The minimum atomic E-state index is 0.240. The second-order valence-corrected chi connectivity index (χ2v) is 6.37. The fourth-order valence-electron chi connectivity index (χ4n) is 2.61. The van der Waals surface area contributed by atoms with Gasteiger partial charge in [-0.25, -0.2) is 9.97 Å². The van der Waals surface area contributed by atoms with Gasteiger partial charge in [0.1, 0.15) is 16.5 Å². The van der Waals surface area contributed by atoms with Crippen molar-refractivity contribution >= 4 is 11.3 Å². The Morgan fingerprint density at radius 3 is 2.54 bits per heavy atom. The summed E-state index contributed by atoms with van der Waals surface area (Å²) < 4.78 is 0. The van der Waals surface area contributed by atoms with E-state index in [4.69, 9.17) is 4.98 Å². The Bertz CT molecular complexity index is 989. The fraction of sp³-hybridized carbons (Fsp3) is 0.0526. The van der Waals surface area contributed by atoms with Crippen molar-refractivity contribution in [1.29, 1.82) is 0 Å². The van der Waals surface area contributed by atoms with E-state index < -0.39 is 0 Å². The van der Waals surface area contributed by atoms with Gasteiger partial charge in [-0.2, -0.15) is 0 Å². The van der Waals surface area contributed by atoms with Gasteiger partial charge in [0.2, 0.25) is 0 Å². The van der Waals surface area contributed by atoms with Crippen LogP contribution in [0.1, 0.15) is 5.69 Å². The molecular weight excluding hydrogens is 318 g/mol. The predicted molar refractivity (Wildman–Crippen MR) is 97.0 cm³/mol. The van der Waals surface area contributed by atoms with Crippen molar-refractivity contribution in [2.45, 2.75) is 6.92 Å². The third kappa shape index (κ3) is 2.70. The van der Waals surface area contributed by atoms with Crippen LogP contribution in [-0.2, 0) is 0 Å². The largest absolute Gasteiger partial charge is 0.508 e. The Morgan fingerprint density at radius 1 is 0.958 bits per heavy atom. The lowest BCUT2D eigenvalue weighted by Crippen LogP contribution is -1.82. The molecule has 0 amide bonds. The summed E-state index contributed by atoms with van der Waals surface area (Å²) in [6, 6.07) is 17.2. The lowest BCUT2D eigenvalue weighted by atomic mass is 10.1. The first-order chi connectivity index (χ1) is 11.7. The van der Waals surface area contributed by atoms with Crippen LogP contribution in [0.4, 0.5) is 0 Å². The zero-order valence-corrected chi connectivity index (χ0v) is 13.8. The van der Waals surface area contributed by atoms with E-state index in [1.54, 1.807) is 12.1 Å². The highest BCUT2D eigenvalue weighted by atomic mass is 32.1. The molecule has 118 valence electrons. The van der Waals surface area contributed by atoms with Gasteiger partial charge in [0.25, 0.3) is 0 Å². The number of imidazole rings is 1. The highest BCUT2D eigenvalue weighted by Crippen LogP contribution is 2.31. The zero-order chi connectivity index (χ0) is 16.5. The van der Waals surface area contributed by atoms with Gasteiger partial charge in [0, 0.05) is 22.2 Å². The molecule has 0 fully saturated rings. The molecule has 0 spiro atoms. The molecule has 0 aliphatic carbocycles. The average Bonchev–Trinajstić information content (AvgIpc) is 3.22. The van der Waals surface area contributed by atoms with Crippen molar-refractivity contribution < 1.29 is 5.11 Å². The van der Waals surface area contributed by atoms with Gasteiger partial charge in [0.05, 0.1) is 5.69 Å². The maximum absolute atomic E-state index is 9.62. The van der Waals surface area contributed by atoms with Gasteiger partial charge >= 0.3 is 0 Å². The summed E-state index contributed by atoms with van der Waals surface area (Å²) in [5.41, 5.74) is 4.75. The molecule has 24 heavy (non-hydrogen) atoms. The van der Waals surface area contributed by atoms with Crippen molar-refractivity contribution in [2.24, 2.45) is 0 Å². The van der Waals surface area contributed by atoms with Crippen LogP contribution in [0.25, 0.3) is 33.3 Å². The summed E-state index contributed by atoms with van der Waals surface area (Å²) in [4.78, 5) is 12.7. The van der Waals surface area contributed by atoms with E-state index in [-0.39, 0.29) is 5.75 Å². The number of aryl methyl sites for hydroxylation is 1. The highest BCUT2D eigenvalue weighted by molar-refractivity contribution is 7.13. The molecule has 4 aromatic rings. The summed E-state index contributed by atoms with van der Waals surface area (Å²) in [5.74, 6) is 0.999. The van der Waals surface area contributed by atoms with Crippen molar-refractivity contribution in [3.05, 3.63) is 65.7 Å². The lowest BCUT2D eigenvalue weighted by molar-refractivity contribution is 0.475. The van der Waals surface area contributed by atoms with Crippen LogP contribution in [0.5, 0.6) is 5.75 Å². The number of aromatic hydroxyl groups is 1. The molecule has 0 radical (unpaired) electrons. The third-order valence-electron chi connectivity index (χ3n) is 3.77. The fourth-order valence-corrected chi connectivity index (χ4v) is 3.41. The van der Waals surface area contributed by atoms with E-state index in [0.717, 1.165) is 39.0 Å². The number of hydrogen-bond acceptors (Lipinski definition) is 4. The van der Waals surface area contributed by atoms with Crippen LogP contribution in [0, 0.1) is 6.92 Å². The highest BCUT2D eigenvalue weighted by Gasteiger charge is 2.13. The third-order valence-corrected chi connectivity index (χ3v) is 4.66. The van der Waals surface area contributed by atoms with E-state index >= 15 is 0 Å². The van der Waals surface area contributed by atoms with Crippen LogP contribution in [0.2, 0.25) is 0 Å². The Balaban J connectivity index is 1.71. The number of nitrogens with zero attached hydrogens (tertiary/aromatic N) is 2. The van der Waals surface area contributed by atoms with Gasteiger partial charge in [-0.15, -0.1) is 11.3 Å². The van der Waals surface area contributed by atoms with Crippen LogP contribution in [-0.4, -0.2) is 20.1 Å². The Morgan fingerprint density at radius 2 is 1.75 bits per heavy atom. The van der Waals surface area contributed by atoms with Gasteiger partial charge in [0.15, 0.2) is 5.82 Å². The number of hydrogen-bond donors (Lipinski definition) is 2. The van der Waals surface area contributed by atoms with E-state index in [2.05, 4.69) is 9.97 Å². The molecule has 2 N–H and O–H groups in total. The maximum Gasteiger partial charge on any atom is 0.157 e. The zero-order valence-electron chi connectivity index (χ0n) is 13.0. The van der Waals surface area contributed by atoms with Crippen molar-refractivity contribution in [2.75, 3.05) is 0 Å². The second-order valence-electron chi connectivity index (χ2n) is 5.51. The van der Waals surface area contributed by atoms with Gasteiger partial charge in [-0.05, 0) is 19.1 Å². The molecule has 0 bridgehead atoms. The van der Waals surface area contributed by atoms with E-state index in [9.17, 15) is 5.11 Å². The van der Waals surface area contributed by atoms with Crippen LogP contribution >= 0.6 is 11.3 Å². The number of aromatic nitrogens is 3. The first kappa shape index (κ1) is 14.7. The number of H-pyrrole nitrogens is 1. The number of phenolic OH excluding ortho intramolecular Hbond substituents is 1. The summed E-state index contributed by atoms with van der Waals surface area (Å²) in [6.45, 7) is 2.02. The predicted octanol–water partition coefficient (Wildman–Crippen LogP) is 4.88. The minimum Gasteiger partial charge on any atom is -0.508 e. The quantitative estimate of drug-likeness (QED) is 0.561. The SMILES string of the molecule is Cc1[nH]c(-c2csc(-c3cccc(O)c3)n2)nc1-c1ccccc1. The minimum absolute atomic E-state index is 0.240. The molecule has 4 nitrogen and oxygen atoms in total. The van der Waals surface area contributed by atoms with Crippen LogP contribution < -0.4 is 0 Å². The average molecular weight is 333 g/mol. The molecular formula is C19H15N3OS. The standard InChI is InChI=1S/C19H15N3OS/c1-12-17(13-6-3-2-4-7-13)22-18(20-12)16-11-24-19(21-16)14-8-5-9-15(23)10-14/h2-11,23H,1H3,(H,20,22). The molecule has 2 heterocycles. The second kappa shape index (κ2) is 5.94. The first-order valence-electron chi connectivity index (χ1n) is 7.58. The summed E-state index contributed by atoms with van der Waals surface area (Å²) >= 11 is 1.53. The molecule has 5 heteroatoms. The van der Waals surface area contributed by atoms with Gasteiger partial charge in [-0.1, -0.05) is 42.5 Å². The van der Waals surface area contributed by atoms with Crippen molar-refractivity contribution in [1.82, 2.24) is 15.0 Å². The number of rotatable bonds is 3. The van der Waals surface area contributed by atoms with Crippen LogP contribution in [0.15, 0.2) is 60.0 Å². The molecule has 0 aliphatic heterocycles. The molecule has 0 saturated heterocycles. The molecule has 0 aliphatic rings. The van der Waals surface area contributed by atoms with Gasteiger partial charge in [-0.3, -0.25) is 0 Å². The Kier molecular flexibility index (Phi) is 3.63. The Labute approximate surface area is 143 Å². The van der Waals surface area contributed by atoms with E-state index in [1.165, 1.54) is 11.3 Å². The van der Waals surface area contributed by atoms with Crippen LogP contribution in [0.3, 0.4) is 0 Å². The normalized spacial score (nSPS) is 10.9. The van der Waals surface area contributed by atoms with E-state index in [1.807, 2.05) is 54.8 Å². The monoisotopic (exact) mass is 333 g/mol. The lowest BCUT2D eigenvalue weighted by Gasteiger charge is -1.96. The first-order valence-corrected chi connectivity index (χ1v) is 8.46. The molecule has 0 atom stereocenters.